The highest BCUT2D eigenvalue weighted by atomic mass is 79.9. The van der Waals surface area contributed by atoms with Gasteiger partial charge in [0.2, 0.25) is 0 Å². The molecule has 3 nitrogen and oxygen atoms in total. The van der Waals surface area contributed by atoms with Gasteiger partial charge in [0.1, 0.15) is 0 Å². The van der Waals surface area contributed by atoms with E-state index in [0.717, 1.165) is 11.0 Å². The Kier molecular flexibility index (Phi) is 6.64. The zero-order valence-corrected chi connectivity index (χ0v) is 11.0. The number of benzene rings is 1. The summed E-state index contributed by atoms with van der Waals surface area (Å²) in [5, 5.41) is 12.7. The fourth-order valence-corrected chi connectivity index (χ4v) is 1.56. The minimum Gasteiger partial charge on any atom is -0.389 e. The Labute approximate surface area is 105 Å². The van der Waals surface area contributed by atoms with Crippen LogP contribution < -0.4 is 5.32 Å². The van der Waals surface area contributed by atoms with Gasteiger partial charge < -0.3 is 15.2 Å². The van der Waals surface area contributed by atoms with Crippen LogP contribution in [0, 0.1) is 0 Å². The molecule has 1 unspecified atom stereocenters. The van der Waals surface area contributed by atoms with Crippen LogP contribution in [0.2, 0.25) is 0 Å². The zero-order valence-electron chi connectivity index (χ0n) is 9.45. The summed E-state index contributed by atoms with van der Waals surface area (Å²) in [6, 6.07) is 8.11. The summed E-state index contributed by atoms with van der Waals surface area (Å²) in [5.74, 6) is 0. The van der Waals surface area contributed by atoms with Crippen LogP contribution in [0.5, 0.6) is 0 Å². The van der Waals surface area contributed by atoms with Crippen molar-refractivity contribution in [1.29, 1.82) is 0 Å². The van der Waals surface area contributed by atoms with E-state index in [2.05, 4.69) is 21.2 Å². The van der Waals surface area contributed by atoms with Gasteiger partial charge in [-0.05, 0) is 24.6 Å². The monoisotopic (exact) mass is 287 g/mol. The van der Waals surface area contributed by atoms with Gasteiger partial charge in [-0.15, -0.1) is 0 Å². The normalized spacial score (nSPS) is 12.7. The first-order valence-corrected chi connectivity index (χ1v) is 6.22. The number of aliphatic hydroxyl groups excluding tert-OH is 1. The smallest absolute Gasteiger partial charge is 0.0897 e. The fourth-order valence-electron chi connectivity index (χ4n) is 1.30. The van der Waals surface area contributed by atoms with Gasteiger partial charge in [0.25, 0.3) is 0 Å². The van der Waals surface area contributed by atoms with Crippen molar-refractivity contribution in [3.63, 3.8) is 0 Å². The fraction of sp³-hybridized carbons (Fsp3) is 0.500. The van der Waals surface area contributed by atoms with Crippen molar-refractivity contribution in [1.82, 2.24) is 5.32 Å². The maximum absolute atomic E-state index is 9.51. The van der Waals surface area contributed by atoms with Gasteiger partial charge in [0.05, 0.1) is 12.7 Å². The van der Waals surface area contributed by atoms with Crippen LogP contribution in [0.4, 0.5) is 0 Å². The van der Waals surface area contributed by atoms with Crippen LogP contribution in [0.3, 0.4) is 0 Å². The van der Waals surface area contributed by atoms with E-state index in [0.29, 0.717) is 19.8 Å². The lowest BCUT2D eigenvalue weighted by atomic mass is 10.2. The lowest BCUT2D eigenvalue weighted by molar-refractivity contribution is 0.0427. The SMILES string of the molecule is CCOCC(O)CNCc1ccc(Br)cc1. The molecule has 1 rings (SSSR count). The van der Waals surface area contributed by atoms with Crippen LogP contribution in [0.15, 0.2) is 28.7 Å². The van der Waals surface area contributed by atoms with Crippen LogP contribution in [0.25, 0.3) is 0 Å². The molecule has 1 atom stereocenters. The molecular formula is C12H18BrNO2. The molecule has 0 fully saturated rings. The molecule has 0 heterocycles. The van der Waals surface area contributed by atoms with Crippen LogP contribution in [-0.2, 0) is 11.3 Å². The highest BCUT2D eigenvalue weighted by Gasteiger charge is 2.02. The van der Waals surface area contributed by atoms with E-state index in [1.165, 1.54) is 5.56 Å². The van der Waals surface area contributed by atoms with Crippen molar-refractivity contribution >= 4 is 15.9 Å². The summed E-state index contributed by atoms with van der Waals surface area (Å²) in [6.07, 6.45) is -0.435. The molecule has 0 aromatic heterocycles. The molecule has 0 saturated carbocycles. The summed E-state index contributed by atoms with van der Waals surface area (Å²) in [6.45, 7) is 4.27. The molecule has 0 aliphatic carbocycles. The average Bonchev–Trinajstić information content (AvgIpc) is 2.29. The number of aliphatic hydroxyl groups is 1. The van der Waals surface area contributed by atoms with E-state index < -0.39 is 6.10 Å². The van der Waals surface area contributed by atoms with Crippen LogP contribution in [-0.4, -0.2) is 31.0 Å². The molecule has 0 bridgehead atoms. The Bertz CT molecular complexity index is 290. The van der Waals surface area contributed by atoms with Gasteiger partial charge in [-0.2, -0.15) is 0 Å². The Balaban J connectivity index is 2.17. The number of rotatable bonds is 7. The third kappa shape index (κ3) is 5.61. The third-order valence-electron chi connectivity index (χ3n) is 2.14. The van der Waals surface area contributed by atoms with Crippen LogP contribution >= 0.6 is 15.9 Å². The van der Waals surface area contributed by atoms with E-state index in [1.807, 2.05) is 31.2 Å². The van der Waals surface area contributed by atoms with E-state index in [9.17, 15) is 5.11 Å². The summed E-state index contributed by atoms with van der Waals surface area (Å²) in [4.78, 5) is 0. The maximum atomic E-state index is 9.51. The Morgan fingerprint density at radius 2 is 2.06 bits per heavy atom. The summed E-state index contributed by atoms with van der Waals surface area (Å²) in [7, 11) is 0. The predicted molar refractivity (Wildman–Crippen MR) is 68.3 cm³/mol. The summed E-state index contributed by atoms with van der Waals surface area (Å²) < 4.78 is 6.19. The van der Waals surface area contributed by atoms with Gasteiger partial charge in [-0.3, -0.25) is 0 Å². The Hall–Kier alpha value is -0.420. The van der Waals surface area contributed by atoms with Gasteiger partial charge in [-0.25, -0.2) is 0 Å². The molecule has 16 heavy (non-hydrogen) atoms. The molecule has 90 valence electrons. The zero-order chi connectivity index (χ0) is 11.8. The van der Waals surface area contributed by atoms with Crippen molar-refractivity contribution in [3.8, 4) is 0 Å². The number of hydrogen-bond donors (Lipinski definition) is 2. The second-order valence-electron chi connectivity index (χ2n) is 3.57. The van der Waals surface area contributed by atoms with Crippen molar-refractivity contribution in [2.75, 3.05) is 19.8 Å². The first kappa shape index (κ1) is 13.6. The van der Waals surface area contributed by atoms with Crippen molar-refractivity contribution in [3.05, 3.63) is 34.3 Å². The quantitative estimate of drug-likeness (QED) is 0.805. The number of hydrogen-bond acceptors (Lipinski definition) is 3. The van der Waals surface area contributed by atoms with Gasteiger partial charge >= 0.3 is 0 Å². The molecule has 1 aromatic carbocycles. The second kappa shape index (κ2) is 7.79. The van der Waals surface area contributed by atoms with Gasteiger partial charge in [0.15, 0.2) is 0 Å². The average molecular weight is 288 g/mol. The molecule has 0 aliphatic rings. The highest BCUT2D eigenvalue weighted by Crippen LogP contribution is 2.10. The van der Waals surface area contributed by atoms with E-state index in [4.69, 9.17) is 4.74 Å². The first-order chi connectivity index (χ1) is 7.72. The Morgan fingerprint density at radius 3 is 2.69 bits per heavy atom. The molecule has 0 saturated heterocycles. The second-order valence-corrected chi connectivity index (χ2v) is 4.49. The minimum atomic E-state index is -0.435. The summed E-state index contributed by atoms with van der Waals surface area (Å²) >= 11 is 3.39. The molecule has 0 aliphatic heterocycles. The third-order valence-corrected chi connectivity index (χ3v) is 2.67. The molecule has 0 radical (unpaired) electrons. The summed E-state index contributed by atoms with van der Waals surface area (Å²) in [5.41, 5.74) is 1.20. The molecule has 2 N–H and O–H groups in total. The largest absolute Gasteiger partial charge is 0.389 e. The van der Waals surface area contributed by atoms with E-state index in [-0.39, 0.29) is 0 Å². The Morgan fingerprint density at radius 1 is 1.38 bits per heavy atom. The maximum Gasteiger partial charge on any atom is 0.0897 e. The number of halogens is 1. The van der Waals surface area contributed by atoms with Crippen LogP contribution in [0.1, 0.15) is 12.5 Å². The molecular weight excluding hydrogens is 270 g/mol. The first-order valence-electron chi connectivity index (χ1n) is 5.43. The lowest BCUT2D eigenvalue weighted by Gasteiger charge is -2.11. The van der Waals surface area contributed by atoms with Gasteiger partial charge in [-0.1, -0.05) is 28.1 Å². The molecule has 0 spiro atoms. The topological polar surface area (TPSA) is 41.5 Å². The van der Waals surface area contributed by atoms with E-state index in [1.54, 1.807) is 0 Å². The van der Waals surface area contributed by atoms with Crippen molar-refractivity contribution < 1.29 is 9.84 Å². The highest BCUT2D eigenvalue weighted by molar-refractivity contribution is 9.10. The number of ether oxygens (including phenoxy) is 1. The molecule has 0 amide bonds. The minimum absolute atomic E-state index is 0.393. The standard InChI is InChI=1S/C12H18BrNO2/c1-2-16-9-12(15)8-14-7-10-3-5-11(13)6-4-10/h3-6,12,14-15H,2,7-9H2,1H3. The van der Waals surface area contributed by atoms with E-state index >= 15 is 0 Å². The molecule has 1 aromatic rings. The van der Waals surface area contributed by atoms with Crippen molar-refractivity contribution in [2.45, 2.75) is 19.6 Å². The number of nitrogens with one attached hydrogen (secondary N) is 1. The van der Waals surface area contributed by atoms with Crippen molar-refractivity contribution in [2.24, 2.45) is 0 Å². The van der Waals surface area contributed by atoms with Gasteiger partial charge in [0, 0.05) is 24.2 Å². The molecule has 4 heteroatoms. The lowest BCUT2D eigenvalue weighted by Crippen LogP contribution is -2.30. The predicted octanol–water partition coefficient (Wildman–Crippen LogP) is 1.94.